The van der Waals surface area contributed by atoms with Crippen molar-refractivity contribution in [3.05, 3.63) is 54.2 Å². The molecule has 3 rings (SSSR count). The topological polar surface area (TPSA) is 275 Å². The van der Waals surface area contributed by atoms with Crippen LogP contribution in [0.25, 0.3) is 10.9 Å². The van der Waals surface area contributed by atoms with E-state index >= 15 is 0 Å². The molecule has 2 aromatic heterocycles. The van der Waals surface area contributed by atoms with Gasteiger partial charge in [0.1, 0.15) is 18.1 Å². The predicted octanol–water partition coefficient (Wildman–Crippen LogP) is -1.33. The lowest BCUT2D eigenvalue weighted by atomic mass is 10.0. The highest BCUT2D eigenvalue weighted by Gasteiger charge is 2.31. The van der Waals surface area contributed by atoms with E-state index in [2.05, 4.69) is 30.9 Å². The zero-order valence-corrected chi connectivity index (χ0v) is 23.0. The van der Waals surface area contributed by atoms with Crippen LogP contribution in [0.5, 0.6) is 0 Å². The molecule has 2 heterocycles. The number of nitrogens with zero attached hydrogens (tertiary/aromatic N) is 1. The largest absolute Gasteiger partial charge is 0.481 e. The van der Waals surface area contributed by atoms with Gasteiger partial charge in [-0.2, -0.15) is 0 Å². The molecule has 4 atom stereocenters. The molecular weight excluding hydrogens is 564 g/mol. The molecule has 43 heavy (non-hydrogen) atoms. The summed E-state index contributed by atoms with van der Waals surface area (Å²) in [7, 11) is 0. The number of aromatic amines is 2. The highest BCUT2D eigenvalue weighted by molar-refractivity contribution is 5.95. The SMILES string of the molecule is NC(=O)CCC(NC(=O)C(N)Cc1c[nH]c2ccccc12)C(=O)NC(CCC(=O)O)C(=O)NC(Cc1cnc[nH]1)C(=O)O. The molecule has 1 aromatic carbocycles. The number of aromatic nitrogens is 3. The summed E-state index contributed by atoms with van der Waals surface area (Å²) in [6, 6.07) is 2.04. The van der Waals surface area contributed by atoms with Crippen molar-refractivity contribution in [2.24, 2.45) is 11.5 Å². The molecule has 0 saturated carbocycles. The summed E-state index contributed by atoms with van der Waals surface area (Å²) in [4.78, 5) is 83.4. The Balaban J connectivity index is 1.72. The summed E-state index contributed by atoms with van der Waals surface area (Å²) in [5.74, 6) is -5.98. The quantitative estimate of drug-likeness (QED) is 0.0883. The number of carboxylic acid groups (broad SMARTS) is 2. The Kier molecular flexibility index (Phi) is 11.3. The second-order valence-corrected chi connectivity index (χ2v) is 9.91. The molecule has 11 N–H and O–H groups in total. The molecule has 3 aromatic rings. The van der Waals surface area contributed by atoms with Crippen molar-refractivity contribution in [2.45, 2.75) is 62.7 Å². The van der Waals surface area contributed by atoms with Gasteiger partial charge in [0.05, 0.1) is 12.4 Å². The van der Waals surface area contributed by atoms with E-state index in [0.717, 1.165) is 16.5 Å². The number of nitrogens with one attached hydrogen (secondary N) is 5. The first kappa shape index (κ1) is 32.3. The average molecular weight is 599 g/mol. The monoisotopic (exact) mass is 598 g/mol. The highest BCUT2D eigenvalue weighted by atomic mass is 16.4. The van der Waals surface area contributed by atoms with Gasteiger partial charge in [0.2, 0.25) is 23.6 Å². The van der Waals surface area contributed by atoms with Crippen LogP contribution in [0.1, 0.15) is 36.9 Å². The minimum Gasteiger partial charge on any atom is -0.481 e. The van der Waals surface area contributed by atoms with Gasteiger partial charge >= 0.3 is 11.9 Å². The third-order valence-electron chi connectivity index (χ3n) is 6.64. The molecule has 16 heteroatoms. The predicted molar refractivity (Wildman–Crippen MR) is 151 cm³/mol. The Bertz CT molecular complexity index is 1450. The second-order valence-electron chi connectivity index (χ2n) is 9.91. The summed E-state index contributed by atoms with van der Waals surface area (Å²) in [6.45, 7) is 0. The van der Waals surface area contributed by atoms with E-state index in [0.29, 0.717) is 5.69 Å². The third kappa shape index (κ3) is 9.67. The number of carboxylic acids is 2. The van der Waals surface area contributed by atoms with Crippen LogP contribution >= 0.6 is 0 Å². The Morgan fingerprint density at radius 3 is 2.07 bits per heavy atom. The number of nitrogens with two attached hydrogens (primary N) is 2. The van der Waals surface area contributed by atoms with Crippen LogP contribution in [0.15, 0.2) is 43.0 Å². The summed E-state index contributed by atoms with van der Waals surface area (Å²) in [5.41, 5.74) is 13.4. The highest BCUT2D eigenvalue weighted by Crippen LogP contribution is 2.19. The lowest BCUT2D eigenvalue weighted by molar-refractivity contribution is -0.143. The molecule has 0 saturated heterocycles. The minimum atomic E-state index is -1.49. The first-order valence-electron chi connectivity index (χ1n) is 13.4. The fraction of sp³-hybridized carbons (Fsp3) is 0.370. The van der Waals surface area contributed by atoms with Crippen molar-refractivity contribution in [3.8, 4) is 0 Å². The molecule has 0 aliphatic rings. The van der Waals surface area contributed by atoms with E-state index in [1.165, 1.54) is 12.5 Å². The number of para-hydroxylation sites is 1. The van der Waals surface area contributed by atoms with Gasteiger partial charge in [-0.3, -0.25) is 24.0 Å². The molecule has 0 radical (unpaired) electrons. The van der Waals surface area contributed by atoms with E-state index in [1.54, 1.807) is 6.20 Å². The van der Waals surface area contributed by atoms with Gasteiger partial charge in [0.15, 0.2) is 0 Å². The molecule has 0 spiro atoms. The maximum atomic E-state index is 13.3. The first-order chi connectivity index (χ1) is 20.4. The molecule has 4 unspecified atom stereocenters. The van der Waals surface area contributed by atoms with Crippen molar-refractivity contribution < 1.29 is 39.0 Å². The van der Waals surface area contributed by atoms with Crippen LogP contribution < -0.4 is 27.4 Å². The van der Waals surface area contributed by atoms with Crippen molar-refractivity contribution in [1.82, 2.24) is 30.9 Å². The van der Waals surface area contributed by atoms with Crippen LogP contribution in [-0.4, -0.2) is 84.9 Å². The van der Waals surface area contributed by atoms with Gasteiger partial charge in [-0.15, -0.1) is 0 Å². The Morgan fingerprint density at radius 1 is 0.837 bits per heavy atom. The zero-order valence-electron chi connectivity index (χ0n) is 23.0. The van der Waals surface area contributed by atoms with Crippen LogP contribution in [0.3, 0.4) is 0 Å². The minimum absolute atomic E-state index is 0.122. The molecule has 0 aliphatic carbocycles. The van der Waals surface area contributed by atoms with E-state index in [-0.39, 0.29) is 32.1 Å². The average Bonchev–Trinajstić information content (AvgIpc) is 3.62. The number of H-pyrrole nitrogens is 2. The number of aliphatic carboxylic acids is 2. The lowest BCUT2D eigenvalue weighted by Gasteiger charge is -2.25. The molecule has 16 nitrogen and oxygen atoms in total. The number of hydrogen-bond acceptors (Lipinski definition) is 8. The number of carbonyl (C=O) groups excluding carboxylic acids is 4. The van der Waals surface area contributed by atoms with Gasteiger partial charge in [-0.05, 0) is 30.9 Å². The summed E-state index contributed by atoms with van der Waals surface area (Å²) < 4.78 is 0. The van der Waals surface area contributed by atoms with Gasteiger partial charge in [-0.25, -0.2) is 9.78 Å². The molecule has 4 amide bonds. The summed E-state index contributed by atoms with van der Waals surface area (Å²) >= 11 is 0. The molecule has 230 valence electrons. The maximum absolute atomic E-state index is 13.3. The van der Waals surface area contributed by atoms with E-state index in [4.69, 9.17) is 16.6 Å². The lowest BCUT2D eigenvalue weighted by Crippen LogP contribution is -2.57. The van der Waals surface area contributed by atoms with Crippen molar-refractivity contribution >= 4 is 46.5 Å². The van der Waals surface area contributed by atoms with Crippen molar-refractivity contribution in [2.75, 3.05) is 0 Å². The van der Waals surface area contributed by atoms with Crippen molar-refractivity contribution in [1.29, 1.82) is 0 Å². The Morgan fingerprint density at radius 2 is 1.47 bits per heavy atom. The van der Waals surface area contributed by atoms with Gasteiger partial charge in [-0.1, -0.05) is 18.2 Å². The number of rotatable bonds is 17. The normalized spacial score (nSPS) is 13.8. The van der Waals surface area contributed by atoms with Crippen LogP contribution in [0.2, 0.25) is 0 Å². The zero-order chi connectivity index (χ0) is 31.5. The number of primary amides is 1. The fourth-order valence-corrected chi connectivity index (χ4v) is 4.36. The van der Waals surface area contributed by atoms with Crippen LogP contribution in [0, 0.1) is 0 Å². The Hall–Kier alpha value is -5.25. The van der Waals surface area contributed by atoms with E-state index < -0.39 is 66.2 Å². The van der Waals surface area contributed by atoms with E-state index in [9.17, 15) is 33.9 Å². The van der Waals surface area contributed by atoms with Gasteiger partial charge in [0, 0.05) is 48.3 Å². The molecular formula is C27H34N8O8. The third-order valence-corrected chi connectivity index (χ3v) is 6.64. The number of amides is 4. The number of fused-ring (bicyclic) bond motifs is 1. The standard InChI is InChI=1S/C27H34N8O8/c28-17(9-14-11-31-18-4-2-1-3-16(14)18)24(39)33-19(5-7-22(29)36)25(40)34-20(6-8-23(37)38)26(41)35-21(27(42)43)10-15-12-30-13-32-15/h1-4,11-13,17,19-21,31H,5-10,28H2,(H2,29,36)(H,30,32)(H,33,39)(H,34,40)(H,35,41)(H,37,38)(H,42,43). The fourth-order valence-electron chi connectivity index (χ4n) is 4.36. The van der Waals surface area contributed by atoms with E-state index in [1.807, 2.05) is 24.3 Å². The second kappa shape index (κ2) is 15.1. The van der Waals surface area contributed by atoms with Gasteiger partial charge < -0.3 is 47.6 Å². The molecule has 0 bridgehead atoms. The maximum Gasteiger partial charge on any atom is 0.326 e. The summed E-state index contributed by atoms with van der Waals surface area (Å²) in [5, 5.41) is 26.7. The molecule has 0 fully saturated rings. The first-order valence-corrected chi connectivity index (χ1v) is 13.4. The molecule has 0 aliphatic heterocycles. The van der Waals surface area contributed by atoms with Gasteiger partial charge in [0.25, 0.3) is 0 Å². The van der Waals surface area contributed by atoms with Crippen LogP contribution in [-0.2, 0) is 41.6 Å². The van der Waals surface area contributed by atoms with Crippen LogP contribution in [0.4, 0.5) is 0 Å². The smallest absolute Gasteiger partial charge is 0.326 e. The summed E-state index contributed by atoms with van der Waals surface area (Å²) in [6.07, 6.45) is 2.93. The number of imidazole rings is 1. The number of benzene rings is 1. The van der Waals surface area contributed by atoms with Crippen molar-refractivity contribution in [3.63, 3.8) is 0 Å². The number of hydrogen-bond donors (Lipinski definition) is 9. The number of carbonyl (C=O) groups is 6. The Labute approximate surface area is 245 Å².